The minimum Gasteiger partial charge on any atom is -0.444 e. The number of hydrogen-bond acceptors (Lipinski definition) is 6. The zero-order valence-corrected chi connectivity index (χ0v) is 18.6. The van der Waals surface area contributed by atoms with Crippen LogP contribution in [-0.4, -0.2) is 56.1 Å². The smallest absolute Gasteiger partial charge is 0.410 e. The monoisotopic (exact) mass is 431 g/mol. The van der Waals surface area contributed by atoms with Gasteiger partial charge in [0, 0.05) is 31.7 Å². The number of rotatable bonds is 4. The maximum absolute atomic E-state index is 12.9. The van der Waals surface area contributed by atoms with Crippen LogP contribution in [0.4, 0.5) is 4.79 Å². The third kappa shape index (κ3) is 4.71. The van der Waals surface area contributed by atoms with Crippen LogP contribution in [0.25, 0.3) is 11.2 Å². The van der Waals surface area contributed by atoms with Gasteiger partial charge in [0.2, 0.25) is 0 Å². The predicted octanol–water partition coefficient (Wildman–Crippen LogP) is 3.38. The van der Waals surface area contributed by atoms with E-state index in [9.17, 15) is 9.59 Å². The molecule has 8 nitrogen and oxygen atoms in total. The third-order valence-electron chi connectivity index (χ3n) is 5.46. The summed E-state index contributed by atoms with van der Waals surface area (Å²) in [7, 11) is 0. The Kier molecular flexibility index (Phi) is 5.65. The molecule has 3 heterocycles. The quantitative estimate of drug-likeness (QED) is 0.725. The van der Waals surface area contributed by atoms with Crippen LogP contribution in [0.2, 0.25) is 0 Å². The SMILES string of the molecule is CC(C)(C)OC(=O)N1CCCC(CNC(=O)c2cn(S)c3ncc(C4CC4)nc23)C1. The maximum atomic E-state index is 12.9. The second kappa shape index (κ2) is 8.09. The van der Waals surface area contributed by atoms with Crippen molar-refractivity contribution in [1.82, 2.24) is 24.2 Å². The van der Waals surface area contributed by atoms with E-state index >= 15 is 0 Å². The molecule has 1 unspecified atom stereocenters. The normalized spacial score (nSPS) is 19.7. The molecule has 2 fully saturated rings. The Labute approximate surface area is 181 Å². The van der Waals surface area contributed by atoms with Crippen molar-refractivity contribution in [3.8, 4) is 0 Å². The molecule has 1 aliphatic carbocycles. The minimum absolute atomic E-state index is 0.188. The fraction of sp³-hybridized carbons (Fsp3) is 0.619. The molecule has 4 rings (SSSR count). The average molecular weight is 432 g/mol. The van der Waals surface area contributed by atoms with E-state index in [4.69, 9.17) is 4.74 Å². The zero-order valence-electron chi connectivity index (χ0n) is 17.7. The van der Waals surface area contributed by atoms with E-state index in [0.29, 0.717) is 42.3 Å². The first-order chi connectivity index (χ1) is 14.2. The van der Waals surface area contributed by atoms with Crippen LogP contribution in [0.15, 0.2) is 12.4 Å². The van der Waals surface area contributed by atoms with E-state index in [-0.39, 0.29) is 17.9 Å². The summed E-state index contributed by atoms with van der Waals surface area (Å²) < 4.78 is 7.02. The topological polar surface area (TPSA) is 89.4 Å². The first kappa shape index (κ1) is 21.0. The fourth-order valence-electron chi connectivity index (χ4n) is 3.79. The van der Waals surface area contributed by atoms with Crippen molar-refractivity contribution >= 4 is 36.0 Å². The number of ether oxygens (including phenoxy) is 1. The van der Waals surface area contributed by atoms with Crippen molar-refractivity contribution in [2.24, 2.45) is 5.92 Å². The van der Waals surface area contributed by atoms with Crippen LogP contribution in [0.1, 0.15) is 68.4 Å². The zero-order chi connectivity index (χ0) is 21.5. The van der Waals surface area contributed by atoms with Gasteiger partial charge in [0.25, 0.3) is 5.91 Å². The Morgan fingerprint density at radius 3 is 2.77 bits per heavy atom. The lowest BCUT2D eigenvalue weighted by Crippen LogP contribution is -2.45. The van der Waals surface area contributed by atoms with Crippen LogP contribution >= 0.6 is 12.8 Å². The number of hydrogen-bond donors (Lipinski definition) is 2. The second-order valence-corrected chi connectivity index (χ2v) is 9.70. The van der Waals surface area contributed by atoms with Gasteiger partial charge in [-0.2, -0.15) is 0 Å². The van der Waals surface area contributed by atoms with E-state index in [2.05, 4.69) is 28.1 Å². The summed E-state index contributed by atoms with van der Waals surface area (Å²) in [6.07, 6.45) is 7.25. The van der Waals surface area contributed by atoms with Crippen LogP contribution in [0, 0.1) is 5.92 Å². The lowest BCUT2D eigenvalue weighted by atomic mass is 9.98. The van der Waals surface area contributed by atoms with E-state index in [1.165, 1.54) is 0 Å². The number of thiol groups is 1. The Morgan fingerprint density at radius 1 is 1.30 bits per heavy atom. The van der Waals surface area contributed by atoms with Crippen molar-refractivity contribution < 1.29 is 14.3 Å². The van der Waals surface area contributed by atoms with Crippen LogP contribution in [0.5, 0.6) is 0 Å². The third-order valence-corrected chi connectivity index (χ3v) is 5.76. The van der Waals surface area contributed by atoms with Crippen molar-refractivity contribution in [3.05, 3.63) is 23.7 Å². The number of nitrogens with zero attached hydrogens (tertiary/aromatic N) is 4. The van der Waals surface area contributed by atoms with Gasteiger partial charge in [0.1, 0.15) is 11.1 Å². The highest BCUT2D eigenvalue weighted by molar-refractivity contribution is 7.78. The van der Waals surface area contributed by atoms with Crippen LogP contribution < -0.4 is 5.32 Å². The Morgan fingerprint density at radius 2 is 2.07 bits per heavy atom. The molecule has 30 heavy (non-hydrogen) atoms. The molecule has 1 saturated carbocycles. The molecule has 0 spiro atoms. The number of fused-ring (bicyclic) bond motifs is 1. The molecule has 0 aromatic carbocycles. The summed E-state index contributed by atoms with van der Waals surface area (Å²) in [5.41, 5.74) is 2.08. The molecular formula is C21H29N5O3S. The molecule has 0 radical (unpaired) electrons. The van der Waals surface area contributed by atoms with E-state index in [0.717, 1.165) is 31.4 Å². The number of piperidine rings is 1. The van der Waals surface area contributed by atoms with Gasteiger partial charge in [-0.15, -0.1) is 0 Å². The van der Waals surface area contributed by atoms with Gasteiger partial charge in [-0.1, -0.05) is 12.8 Å². The molecule has 162 valence electrons. The maximum Gasteiger partial charge on any atom is 0.410 e. The van der Waals surface area contributed by atoms with Crippen molar-refractivity contribution in [2.45, 2.75) is 58.0 Å². The Balaban J connectivity index is 1.40. The molecule has 9 heteroatoms. The molecule has 2 aromatic rings. The summed E-state index contributed by atoms with van der Waals surface area (Å²) in [5.74, 6) is 0.458. The van der Waals surface area contributed by atoms with Crippen LogP contribution in [-0.2, 0) is 4.74 Å². The number of carbonyl (C=O) groups is 2. The number of carbonyl (C=O) groups excluding carboxylic acids is 2. The fourth-order valence-corrected chi connectivity index (χ4v) is 4.05. The lowest BCUT2D eigenvalue weighted by molar-refractivity contribution is 0.0167. The molecule has 2 amide bonds. The largest absolute Gasteiger partial charge is 0.444 e. The lowest BCUT2D eigenvalue weighted by Gasteiger charge is -2.34. The Hall–Kier alpha value is -2.29. The van der Waals surface area contributed by atoms with Crippen molar-refractivity contribution in [1.29, 1.82) is 0 Å². The number of aromatic nitrogens is 3. The summed E-state index contributed by atoms with van der Waals surface area (Å²) in [6, 6.07) is 0. The van der Waals surface area contributed by atoms with Gasteiger partial charge in [-0.25, -0.2) is 14.8 Å². The molecule has 1 N–H and O–H groups in total. The van der Waals surface area contributed by atoms with E-state index < -0.39 is 5.60 Å². The predicted molar refractivity (Wildman–Crippen MR) is 117 cm³/mol. The average Bonchev–Trinajstić information content (AvgIpc) is 3.49. The molecule has 1 aliphatic heterocycles. The van der Waals surface area contributed by atoms with Crippen molar-refractivity contribution in [3.63, 3.8) is 0 Å². The second-order valence-electron chi connectivity index (χ2n) is 9.27. The van der Waals surface area contributed by atoms with Crippen molar-refractivity contribution in [2.75, 3.05) is 19.6 Å². The van der Waals surface area contributed by atoms with Gasteiger partial charge in [-0.05, 0) is 52.4 Å². The van der Waals surface area contributed by atoms with Gasteiger partial charge in [0.15, 0.2) is 5.65 Å². The molecule has 1 atom stereocenters. The first-order valence-electron chi connectivity index (χ1n) is 10.5. The summed E-state index contributed by atoms with van der Waals surface area (Å²) in [5, 5.41) is 3.01. The summed E-state index contributed by atoms with van der Waals surface area (Å²) in [4.78, 5) is 36.1. The van der Waals surface area contributed by atoms with Gasteiger partial charge < -0.3 is 15.0 Å². The highest BCUT2D eigenvalue weighted by atomic mass is 32.1. The standard InChI is InChI=1S/C21H29N5O3S/c1-21(2,3)29-20(28)25-8-4-5-13(11-25)9-23-19(27)15-12-26(30)18-17(15)24-16(10-22-18)14-6-7-14/h10,12-14,30H,4-9,11H2,1-3H3,(H,23,27). The summed E-state index contributed by atoms with van der Waals surface area (Å²) >= 11 is 4.38. The van der Waals surface area contributed by atoms with Gasteiger partial charge in [-0.3, -0.25) is 8.77 Å². The van der Waals surface area contributed by atoms with Crippen LogP contribution in [0.3, 0.4) is 0 Å². The number of nitrogens with one attached hydrogen (secondary N) is 1. The first-order valence-corrected chi connectivity index (χ1v) is 10.9. The minimum atomic E-state index is -0.514. The van der Waals surface area contributed by atoms with Gasteiger partial charge in [0.05, 0.1) is 17.5 Å². The number of amides is 2. The molecule has 2 aliphatic rings. The number of likely N-dealkylation sites (tertiary alicyclic amines) is 1. The molecule has 1 saturated heterocycles. The summed E-state index contributed by atoms with van der Waals surface area (Å²) in [6.45, 7) is 7.35. The molecule has 2 aromatic heterocycles. The highest BCUT2D eigenvalue weighted by Crippen LogP contribution is 2.39. The highest BCUT2D eigenvalue weighted by Gasteiger charge is 2.29. The van der Waals surface area contributed by atoms with Gasteiger partial charge >= 0.3 is 6.09 Å². The molecular weight excluding hydrogens is 402 g/mol. The Bertz CT molecular complexity index is 963. The van der Waals surface area contributed by atoms with E-state index in [1.807, 2.05) is 20.8 Å². The molecule has 0 bridgehead atoms. The van der Waals surface area contributed by atoms with E-state index in [1.54, 1.807) is 21.3 Å².